The van der Waals surface area contributed by atoms with Crippen molar-refractivity contribution in [3.05, 3.63) is 54.1 Å². The summed E-state index contributed by atoms with van der Waals surface area (Å²) in [4.78, 5) is 7.08. The predicted octanol–water partition coefficient (Wildman–Crippen LogP) is 1.41. The zero-order valence-corrected chi connectivity index (χ0v) is 11.3. The van der Waals surface area contributed by atoms with E-state index in [0.717, 1.165) is 31.9 Å². The molecule has 3 rings (SSSR count). The minimum Gasteiger partial charge on any atom is -0.353 e. The van der Waals surface area contributed by atoms with Gasteiger partial charge in [-0.15, -0.1) is 0 Å². The Kier molecular flexibility index (Phi) is 3.62. The lowest BCUT2D eigenvalue weighted by molar-refractivity contribution is 0.190. The Balaban J connectivity index is 1.98. The molecule has 1 aliphatic heterocycles. The maximum atomic E-state index is 4.58. The van der Waals surface area contributed by atoms with Gasteiger partial charge in [-0.3, -0.25) is 9.88 Å². The average Bonchev–Trinajstić information content (AvgIpc) is 2.88. The molecular weight excluding hydrogens is 236 g/mol. The number of nitrogens with one attached hydrogen (secondary N) is 1. The topological polar surface area (TPSA) is 33.1 Å². The van der Waals surface area contributed by atoms with Gasteiger partial charge in [-0.1, -0.05) is 6.07 Å². The molecule has 100 valence electrons. The Morgan fingerprint density at radius 3 is 2.63 bits per heavy atom. The molecule has 1 saturated heterocycles. The molecule has 0 amide bonds. The summed E-state index contributed by atoms with van der Waals surface area (Å²) in [6, 6.07) is 10.7. The van der Waals surface area contributed by atoms with Crippen molar-refractivity contribution in [1.82, 2.24) is 19.8 Å². The van der Waals surface area contributed by atoms with Crippen molar-refractivity contribution in [3.8, 4) is 0 Å². The smallest absolute Gasteiger partial charge is 0.0930 e. The molecule has 0 radical (unpaired) electrons. The van der Waals surface area contributed by atoms with Crippen molar-refractivity contribution in [1.29, 1.82) is 0 Å². The molecule has 3 heterocycles. The normalized spacial score (nSPS) is 18.4. The van der Waals surface area contributed by atoms with E-state index in [9.17, 15) is 0 Å². The van der Waals surface area contributed by atoms with Crippen LogP contribution < -0.4 is 5.32 Å². The summed E-state index contributed by atoms with van der Waals surface area (Å²) in [6.07, 6.45) is 3.99. The molecule has 1 fully saturated rings. The van der Waals surface area contributed by atoms with Crippen molar-refractivity contribution >= 4 is 0 Å². The number of aromatic nitrogens is 2. The van der Waals surface area contributed by atoms with Gasteiger partial charge in [-0.25, -0.2) is 0 Å². The highest BCUT2D eigenvalue weighted by molar-refractivity contribution is 5.24. The Morgan fingerprint density at radius 1 is 1.16 bits per heavy atom. The van der Waals surface area contributed by atoms with Gasteiger partial charge in [0.25, 0.3) is 0 Å². The van der Waals surface area contributed by atoms with E-state index in [1.165, 1.54) is 5.69 Å². The maximum absolute atomic E-state index is 4.58. The summed E-state index contributed by atoms with van der Waals surface area (Å²) in [5.74, 6) is 0. The van der Waals surface area contributed by atoms with E-state index in [0.29, 0.717) is 0 Å². The molecule has 0 spiro atoms. The number of hydrogen-bond donors (Lipinski definition) is 1. The minimum absolute atomic E-state index is 0.253. The maximum Gasteiger partial charge on any atom is 0.0930 e. The van der Waals surface area contributed by atoms with Crippen molar-refractivity contribution in [2.45, 2.75) is 6.04 Å². The molecule has 2 aromatic heterocycles. The number of hydrogen-bond acceptors (Lipinski definition) is 3. The third-order valence-electron chi connectivity index (χ3n) is 3.75. The molecule has 1 unspecified atom stereocenters. The van der Waals surface area contributed by atoms with E-state index < -0.39 is 0 Å². The zero-order chi connectivity index (χ0) is 13.1. The Bertz CT molecular complexity index is 514. The predicted molar refractivity (Wildman–Crippen MR) is 75.9 cm³/mol. The molecule has 0 aliphatic carbocycles. The van der Waals surface area contributed by atoms with Gasteiger partial charge in [0.1, 0.15) is 0 Å². The highest BCUT2D eigenvalue weighted by Crippen LogP contribution is 2.27. The summed E-state index contributed by atoms with van der Waals surface area (Å²) in [7, 11) is 2.10. The lowest BCUT2D eigenvalue weighted by Crippen LogP contribution is -2.46. The van der Waals surface area contributed by atoms with Crippen LogP contribution in [0, 0.1) is 0 Å². The first kappa shape index (κ1) is 12.4. The lowest BCUT2D eigenvalue weighted by Gasteiger charge is -2.34. The van der Waals surface area contributed by atoms with Crippen LogP contribution in [0.3, 0.4) is 0 Å². The van der Waals surface area contributed by atoms with Crippen LogP contribution in [0.1, 0.15) is 17.4 Å². The summed E-state index contributed by atoms with van der Waals surface area (Å²) in [6.45, 7) is 4.22. The number of rotatable bonds is 3. The fourth-order valence-electron chi connectivity index (χ4n) is 2.76. The molecule has 0 saturated carbocycles. The van der Waals surface area contributed by atoms with Gasteiger partial charge in [-0.05, 0) is 24.3 Å². The first-order valence-electron chi connectivity index (χ1n) is 6.83. The van der Waals surface area contributed by atoms with Gasteiger partial charge in [0.15, 0.2) is 0 Å². The van der Waals surface area contributed by atoms with Crippen molar-refractivity contribution < 1.29 is 0 Å². The molecule has 2 aromatic rings. The third-order valence-corrected chi connectivity index (χ3v) is 3.75. The standard InChI is InChI=1S/C15H20N4/c1-18-10-4-6-14(18)15(13-5-2-3-7-17-13)19-11-8-16-9-12-19/h2-7,10,15-16H,8-9,11-12H2,1H3. The molecule has 19 heavy (non-hydrogen) atoms. The number of aryl methyl sites for hydroxylation is 1. The second-order valence-corrected chi connectivity index (χ2v) is 4.99. The van der Waals surface area contributed by atoms with Gasteiger partial charge in [0.2, 0.25) is 0 Å². The monoisotopic (exact) mass is 256 g/mol. The van der Waals surface area contributed by atoms with Crippen LogP contribution in [0.5, 0.6) is 0 Å². The van der Waals surface area contributed by atoms with Gasteiger partial charge in [0, 0.05) is 51.3 Å². The molecule has 4 heteroatoms. The second-order valence-electron chi connectivity index (χ2n) is 4.99. The molecule has 1 N–H and O–H groups in total. The Labute approximate surface area is 114 Å². The van der Waals surface area contributed by atoms with Crippen LogP contribution in [-0.4, -0.2) is 40.6 Å². The van der Waals surface area contributed by atoms with Crippen LogP contribution in [0.25, 0.3) is 0 Å². The van der Waals surface area contributed by atoms with E-state index in [2.05, 4.69) is 57.3 Å². The van der Waals surface area contributed by atoms with Crippen LogP contribution in [-0.2, 0) is 7.05 Å². The summed E-state index contributed by atoms with van der Waals surface area (Å²) in [5.41, 5.74) is 2.44. The molecule has 1 aliphatic rings. The van der Waals surface area contributed by atoms with E-state index in [-0.39, 0.29) is 6.04 Å². The SMILES string of the molecule is Cn1cccc1C(c1ccccn1)N1CCNCC1. The third kappa shape index (κ3) is 2.55. The van der Waals surface area contributed by atoms with Gasteiger partial charge in [-0.2, -0.15) is 0 Å². The Hall–Kier alpha value is -1.65. The van der Waals surface area contributed by atoms with Crippen LogP contribution in [0.2, 0.25) is 0 Å². The Morgan fingerprint density at radius 2 is 2.00 bits per heavy atom. The lowest BCUT2D eigenvalue weighted by atomic mass is 10.1. The van der Waals surface area contributed by atoms with Crippen molar-refractivity contribution in [3.63, 3.8) is 0 Å². The van der Waals surface area contributed by atoms with E-state index in [4.69, 9.17) is 0 Å². The summed E-state index contributed by atoms with van der Waals surface area (Å²) in [5, 5.41) is 3.41. The quantitative estimate of drug-likeness (QED) is 0.901. The minimum atomic E-state index is 0.253. The highest BCUT2D eigenvalue weighted by Gasteiger charge is 2.26. The highest BCUT2D eigenvalue weighted by atomic mass is 15.2. The number of nitrogens with zero attached hydrogens (tertiary/aromatic N) is 3. The first-order chi connectivity index (χ1) is 9.36. The van der Waals surface area contributed by atoms with Crippen molar-refractivity contribution in [2.75, 3.05) is 26.2 Å². The van der Waals surface area contributed by atoms with E-state index in [1.54, 1.807) is 0 Å². The molecule has 4 nitrogen and oxygen atoms in total. The van der Waals surface area contributed by atoms with Gasteiger partial charge < -0.3 is 9.88 Å². The second kappa shape index (κ2) is 5.55. The molecular formula is C15H20N4. The first-order valence-corrected chi connectivity index (χ1v) is 6.83. The zero-order valence-electron chi connectivity index (χ0n) is 11.3. The fourth-order valence-corrected chi connectivity index (χ4v) is 2.76. The summed E-state index contributed by atoms with van der Waals surface area (Å²) >= 11 is 0. The van der Waals surface area contributed by atoms with Crippen LogP contribution in [0.4, 0.5) is 0 Å². The van der Waals surface area contributed by atoms with Crippen LogP contribution in [0.15, 0.2) is 42.7 Å². The molecule has 0 bridgehead atoms. The number of pyridine rings is 1. The van der Waals surface area contributed by atoms with E-state index >= 15 is 0 Å². The molecule has 1 atom stereocenters. The van der Waals surface area contributed by atoms with Crippen LogP contribution >= 0.6 is 0 Å². The summed E-state index contributed by atoms with van der Waals surface area (Å²) < 4.78 is 2.20. The van der Waals surface area contributed by atoms with Crippen molar-refractivity contribution in [2.24, 2.45) is 7.05 Å². The fraction of sp³-hybridized carbons (Fsp3) is 0.400. The van der Waals surface area contributed by atoms with Gasteiger partial charge in [0.05, 0.1) is 11.7 Å². The van der Waals surface area contributed by atoms with E-state index in [1.807, 2.05) is 12.3 Å². The van der Waals surface area contributed by atoms with Gasteiger partial charge >= 0.3 is 0 Å². The molecule has 0 aromatic carbocycles. The average molecular weight is 256 g/mol. The number of piperazine rings is 1. The largest absolute Gasteiger partial charge is 0.353 e.